The molecule has 4 aliphatic carbocycles. The number of hydrogen-bond donors (Lipinski definition) is 4. The molecule has 3 saturated carbocycles. The Morgan fingerprint density at radius 1 is 1.07 bits per heavy atom. The molecule has 0 unspecified atom stereocenters. The lowest BCUT2D eigenvalue weighted by Gasteiger charge is -2.69. The summed E-state index contributed by atoms with van der Waals surface area (Å²) in [7, 11) is 0. The van der Waals surface area contributed by atoms with Crippen molar-refractivity contribution < 1.29 is 19.7 Å². The standard InChI is InChI=1S/C34H55N3O4S/c1-18(35)27(39)37-28-36-26-21(42-28)17-31(6)22(29(26,2)3)11-14-32(7)23(31)16-20(38)25-19(10-13-33(25,32)8)34(9)15-12-24(41-34)30(4,5)40/h18-20,22-25,38,40H,10-17,35H2,1-9H3,(H,36,37,39)/t18-,19-,20+,22-,23+,24-,25-,31-,32+,33+,34-/m0/s1. The van der Waals surface area contributed by atoms with Gasteiger partial charge in [0.1, 0.15) is 0 Å². The molecule has 236 valence electrons. The van der Waals surface area contributed by atoms with E-state index in [-0.39, 0.29) is 51.3 Å². The first kappa shape index (κ1) is 30.9. The average Bonchev–Trinajstić information content (AvgIpc) is 3.57. The summed E-state index contributed by atoms with van der Waals surface area (Å²) in [5.74, 6) is 1.12. The smallest absolute Gasteiger partial charge is 0.242 e. The zero-order valence-corrected chi connectivity index (χ0v) is 28.2. The van der Waals surface area contributed by atoms with Gasteiger partial charge < -0.3 is 26.0 Å². The summed E-state index contributed by atoms with van der Waals surface area (Å²) in [5.41, 5.74) is 5.80. The molecule has 0 bridgehead atoms. The number of thiazole rings is 1. The van der Waals surface area contributed by atoms with E-state index >= 15 is 0 Å². The fourth-order valence-corrected chi connectivity index (χ4v) is 12.9. The number of anilines is 1. The lowest BCUT2D eigenvalue weighted by molar-refractivity contribution is -0.227. The van der Waals surface area contributed by atoms with Crippen LogP contribution in [0, 0.1) is 39.9 Å². The van der Waals surface area contributed by atoms with Gasteiger partial charge in [0.2, 0.25) is 5.91 Å². The third kappa shape index (κ3) is 4.17. The number of nitrogens with one attached hydrogen (secondary N) is 1. The molecule has 1 amide bonds. The van der Waals surface area contributed by atoms with E-state index in [2.05, 4.69) is 46.9 Å². The first-order valence-electron chi connectivity index (χ1n) is 16.4. The number of amides is 1. The van der Waals surface area contributed by atoms with Crippen LogP contribution in [-0.4, -0.2) is 50.6 Å². The number of ether oxygens (including phenoxy) is 1. The lowest BCUT2D eigenvalue weighted by Crippen LogP contribution is -2.66. The third-order valence-electron chi connectivity index (χ3n) is 13.9. The highest BCUT2D eigenvalue weighted by molar-refractivity contribution is 7.15. The van der Waals surface area contributed by atoms with Gasteiger partial charge in [-0.2, -0.15) is 0 Å². The van der Waals surface area contributed by atoms with E-state index in [0.717, 1.165) is 57.1 Å². The molecule has 0 radical (unpaired) electrons. The van der Waals surface area contributed by atoms with Crippen LogP contribution < -0.4 is 11.1 Å². The number of carbonyl (C=O) groups is 1. The van der Waals surface area contributed by atoms with Crippen molar-refractivity contribution in [2.45, 2.75) is 149 Å². The second-order valence-corrected chi connectivity index (χ2v) is 18.1. The Hall–Kier alpha value is -1.06. The zero-order chi connectivity index (χ0) is 30.8. The van der Waals surface area contributed by atoms with Gasteiger partial charge in [-0.1, -0.05) is 34.6 Å². The van der Waals surface area contributed by atoms with Crippen LogP contribution in [0.2, 0.25) is 0 Å². The van der Waals surface area contributed by atoms with Gasteiger partial charge in [-0.15, -0.1) is 11.3 Å². The molecule has 5 N–H and O–H groups in total. The largest absolute Gasteiger partial charge is 0.393 e. The molecule has 1 aliphatic heterocycles. The number of nitrogens with zero attached hydrogens (tertiary/aromatic N) is 1. The number of fused-ring (bicyclic) bond motifs is 6. The summed E-state index contributed by atoms with van der Waals surface area (Å²) in [6.07, 6.45) is 7.53. The molecule has 7 nitrogen and oxygen atoms in total. The molecule has 0 spiro atoms. The molecule has 1 aromatic rings. The van der Waals surface area contributed by atoms with Crippen LogP contribution in [0.25, 0.3) is 0 Å². The Balaban J connectivity index is 1.33. The third-order valence-corrected chi connectivity index (χ3v) is 14.9. The number of hydrogen-bond acceptors (Lipinski definition) is 7. The summed E-state index contributed by atoms with van der Waals surface area (Å²) in [6, 6.07) is -0.578. The van der Waals surface area contributed by atoms with E-state index < -0.39 is 11.6 Å². The van der Waals surface area contributed by atoms with E-state index in [1.807, 2.05) is 13.8 Å². The fourth-order valence-electron chi connectivity index (χ4n) is 11.6. The Morgan fingerprint density at radius 3 is 2.36 bits per heavy atom. The van der Waals surface area contributed by atoms with Gasteiger partial charge in [0.15, 0.2) is 5.13 Å². The molecular formula is C34H55N3O4S. The van der Waals surface area contributed by atoms with Crippen LogP contribution in [0.3, 0.4) is 0 Å². The fraction of sp³-hybridized carbons (Fsp3) is 0.882. The SMILES string of the molecule is C[C@H](N)C(=O)Nc1nc2c(s1)C[C@]1(C)[C@H]3C[C@@H](O)[C@@H]4[C@@H]([C@]5(C)CC[C@@H](C(C)(C)O)O5)CC[C@@]4(C)[C@]3(C)CC[C@H]1C2(C)C. The molecule has 2 heterocycles. The lowest BCUT2D eigenvalue weighted by atomic mass is 9.35. The van der Waals surface area contributed by atoms with Gasteiger partial charge in [0, 0.05) is 10.3 Å². The molecule has 1 aromatic heterocycles. The van der Waals surface area contributed by atoms with Gasteiger partial charge in [-0.05, 0) is 119 Å². The summed E-state index contributed by atoms with van der Waals surface area (Å²) >= 11 is 1.62. The Kier molecular flexibility index (Phi) is 6.98. The van der Waals surface area contributed by atoms with E-state index in [1.165, 1.54) is 4.88 Å². The molecule has 8 heteroatoms. The highest BCUT2D eigenvalue weighted by atomic mass is 32.1. The predicted octanol–water partition coefficient (Wildman–Crippen LogP) is 5.81. The van der Waals surface area contributed by atoms with Crippen LogP contribution in [0.5, 0.6) is 0 Å². The van der Waals surface area contributed by atoms with Crippen molar-refractivity contribution in [3.63, 3.8) is 0 Å². The Bertz CT molecular complexity index is 1260. The van der Waals surface area contributed by atoms with Gasteiger partial charge in [-0.25, -0.2) is 4.98 Å². The first-order chi connectivity index (χ1) is 19.3. The van der Waals surface area contributed by atoms with Crippen molar-refractivity contribution in [3.05, 3.63) is 10.6 Å². The van der Waals surface area contributed by atoms with Crippen molar-refractivity contribution in [2.75, 3.05) is 5.32 Å². The van der Waals surface area contributed by atoms with Crippen LogP contribution >= 0.6 is 11.3 Å². The molecule has 42 heavy (non-hydrogen) atoms. The minimum absolute atomic E-state index is 0.0156. The van der Waals surface area contributed by atoms with Crippen molar-refractivity contribution in [1.29, 1.82) is 0 Å². The Morgan fingerprint density at radius 2 is 1.74 bits per heavy atom. The van der Waals surface area contributed by atoms with Gasteiger partial charge in [0.25, 0.3) is 0 Å². The van der Waals surface area contributed by atoms with Gasteiger partial charge in [-0.3, -0.25) is 4.79 Å². The van der Waals surface area contributed by atoms with Crippen molar-refractivity contribution in [3.8, 4) is 0 Å². The van der Waals surface area contributed by atoms with Crippen LogP contribution in [0.4, 0.5) is 5.13 Å². The predicted molar refractivity (Wildman–Crippen MR) is 167 cm³/mol. The highest BCUT2D eigenvalue weighted by Gasteiger charge is 2.72. The number of aliphatic hydroxyl groups excluding tert-OH is 1. The minimum Gasteiger partial charge on any atom is -0.393 e. The molecule has 11 atom stereocenters. The van der Waals surface area contributed by atoms with E-state index in [1.54, 1.807) is 18.3 Å². The summed E-state index contributed by atoms with van der Waals surface area (Å²) in [6.45, 7) is 19.9. The van der Waals surface area contributed by atoms with Gasteiger partial charge in [0.05, 0.1) is 35.1 Å². The second kappa shape index (κ2) is 9.48. The maximum Gasteiger partial charge on any atom is 0.242 e. The number of carbonyl (C=O) groups excluding carboxylic acids is 1. The quantitative estimate of drug-likeness (QED) is 0.346. The topological polar surface area (TPSA) is 118 Å². The maximum atomic E-state index is 12.4. The summed E-state index contributed by atoms with van der Waals surface area (Å²) in [4.78, 5) is 18.7. The Labute approximate surface area is 256 Å². The molecule has 4 fully saturated rings. The molecule has 0 aromatic carbocycles. The summed E-state index contributed by atoms with van der Waals surface area (Å²) < 4.78 is 6.72. The van der Waals surface area contributed by atoms with Crippen LogP contribution in [0.15, 0.2) is 0 Å². The summed E-state index contributed by atoms with van der Waals surface area (Å²) in [5, 5.41) is 26.5. The number of rotatable bonds is 4. The van der Waals surface area contributed by atoms with E-state index in [0.29, 0.717) is 22.9 Å². The van der Waals surface area contributed by atoms with Gasteiger partial charge >= 0.3 is 0 Å². The van der Waals surface area contributed by atoms with E-state index in [9.17, 15) is 15.0 Å². The van der Waals surface area contributed by atoms with Crippen molar-refractivity contribution in [2.24, 2.45) is 45.7 Å². The molecule has 6 rings (SSSR count). The number of nitrogens with two attached hydrogens (primary N) is 1. The number of aromatic nitrogens is 1. The molecule has 1 saturated heterocycles. The normalized spacial score (nSPS) is 46.8. The molecular weight excluding hydrogens is 546 g/mol. The van der Waals surface area contributed by atoms with Crippen LogP contribution in [0.1, 0.15) is 118 Å². The number of aliphatic hydroxyl groups is 2. The average molecular weight is 602 g/mol. The monoisotopic (exact) mass is 601 g/mol. The van der Waals surface area contributed by atoms with E-state index in [4.69, 9.17) is 15.5 Å². The van der Waals surface area contributed by atoms with Crippen LogP contribution in [-0.2, 0) is 21.4 Å². The van der Waals surface area contributed by atoms with Crippen molar-refractivity contribution >= 4 is 22.4 Å². The highest BCUT2D eigenvalue weighted by Crippen LogP contribution is 2.76. The minimum atomic E-state index is -0.858. The second-order valence-electron chi connectivity index (χ2n) is 17.0. The first-order valence-corrected chi connectivity index (χ1v) is 17.2. The molecule has 5 aliphatic rings. The van der Waals surface area contributed by atoms with Crippen molar-refractivity contribution in [1.82, 2.24) is 4.98 Å². The zero-order valence-electron chi connectivity index (χ0n) is 27.3. The maximum absolute atomic E-state index is 12.4.